The van der Waals surface area contributed by atoms with E-state index in [1.165, 1.54) is 12.7 Å². The Bertz CT molecular complexity index is 374. The van der Waals surface area contributed by atoms with Crippen LogP contribution < -0.4 is 5.73 Å². The fourth-order valence-corrected chi connectivity index (χ4v) is 1.90. The maximum Gasteiger partial charge on any atom is 0.337 e. The number of carbonyl (C=O) groups is 1. The van der Waals surface area contributed by atoms with Crippen LogP contribution >= 0.6 is 0 Å². The van der Waals surface area contributed by atoms with Gasteiger partial charge in [0.15, 0.2) is 0 Å². The van der Waals surface area contributed by atoms with Crippen molar-refractivity contribution in [1.82, 2.24) is 0 Å². The quantitative estimate of drug-likeness (QED) is 0.683. The van der Waals surface area contributed by atoms with Crippen LogP contribution in [0.1, 0.15) is 33.9 Å². The predicted octanol–water partition coefficient (Wildman–Crippen LogP) is 1.42. The predicted molar refractivity (Wildman–Crippen MR) is 53.0 cm³/mol. The summed E-state index contributed by atoms with van der Waals surface area (Å²) in [6.45, 7) is 0. The molecule has 0 spiro atoms. The average molecular weight is 191 g/mol. The molecule has 3 nitrogen and oxygen atoms in total. The van der Waals surface area contributed by atoms with Crippen molar-refractivity contribution in [3.05, 3.63) is 34.9 Å². The van der Waals surface area contributed by atoms with E-state index < -0.39 is 0 Å². The van der Waals surface area contributed by atoms with Crippen LogP contribution in [0.4, 0.5) is 0 Å². The standard InChI is InChI=1S/C11H13NO2/c1-14-11(13)8-2-4-9-7(6-8)3-5-10(9)12/h2,4,6,10H,3,5,12H2,1H3/t10-/m0/s1. The first-order valence-corrected chi connectivity index (χ1v) is 4.69. The highest BCUT2D eigenvalue weighted by atomic mass is 16.5. The fraction of sp³-hybridized carbons (Fsp3) is 0.364. The Morgan fingerprint density at radius 1 is 1.57 bits per heavy atom. The zero-order valence-electron chi connectivity index (χ0n) is 8.12. The largest absolute Gasteiger partial charge is 0.465 e. The van der Waals surface area contributed by atoms with E-state index in [9.17, 15) is 4.79 Å². The van der Waals surface area contributed by atoms with E-state index in [-0.39, 0.29) is 12.0 Å². The molecule has 0 saturated carbocycles. The summed E-state index contributed by atoms with van der Waals surface area (Å²) in [5, 5.41) is 0. The molecule has 1 aliphatic rings. The van der Waals surface area contributed by atoms with Gasteiger partial charge >= 0.3 is 5.97 Å². The summed E-state index contributed by atoms with van der Waals surface area (Å²) in [7, 11) is 1.39. The molecule has 0 saturated heterocycles. The van der Waals surface area contributed by atoms with Crippen molar-refractivity contribution in [1.29, 1.82) is 0 Å². The molecule has 0 heterocycles. The Kier molecular flexibility index (Phi) is 2.25. The molecule has 1 aliphatic carbocycles. The van der Waals surface area contributed by atoms with Gasteiger partial charge in [0.1, 0.15) is 0 Å². The van der Waals surface area contributed by atoms with Crippen molar-refractivity contribution >= 4 is 5.97 Å². The van der Waals surface area contributed by atoms with E-state index in [4.69, 9.17) is 5.73 Å². The lowest BCUT2D eigenvalue weighted by molar-refractivity contribution is 0.0600. The van der Waals surface area contributed by atoms with Gasteiger partial charge in [-0.3, -0.25) is 0 Å². The molecule has 0 radical (unpaired) electrons. The van der Waals surface area contributed by atoms with Gasteiger partial charge in [-0.25, -0.2) is 4.79 Å². The number of esters is 1. The minimum absolute atomic E-state index is 0.136. The molecule has 0 bridgehead atoms. The van der Waals surface area contributed by atoms with E-state index in [1.807, 2.05) is 12.1 Å². The van der Waals surface area contributed by atoms with Crippen molar-refractivity contribution < 1.29 is 9.53 Å². The monoisotopic (exact) mass is 191 g/mol. The Hall–Kier alpha value is -1.35. The van der Waals surface area contributed by atoms with Crippen LogP contribution in [-0.4, -0.2) is 13.1 Å². The van der Waals surface area contributed by atoms with Crippen molar-refractivity contribution in [3.63, 3.8) is 0 Å². The zero-order valence-corrected chi connectivity index (χ0v) is 8.12. The third-order valence-electron chi connectivity index (χ3n) is 2.69. The highest BCUT2D eigenvalue weighted by Gasteiger charge is 2.20. The lowest BCUT2D eigenvalue weighted by atomic mass is 10.1. The molecule has 2 rings (SSSR count). The van der Waals surface area contributed by atoms with E-state index >= 15 is 0 Å². The molecule has 0 aromatic heterocycles. The fourth-order valence-electron chi connectivity index (χ4n) is 1.90. The number of benzene rings is 1. The van der Waals surface area contributed by atoms with Gasteiger partial charge in [0.05, 0.1) is 12.7 Å². The minimum atomic E-state index is -0.284. The first-order chi connectivity index (χ1) is 6.72. The molecule has 1 aromatic carbocycles. The summed E-state index contributed by atoms with van der Waals surface area (Å²) >= 11 is 0. The molecule has 74 valence electrons. The number of nitrogens with two attached hydrogens (primary N) is 1. The molecular formula is C11H13NO2. The van der Waals surface area contributed by atoms with E-state index in [1.54, 1.807) is 6.07 Å². The average Bonchev–Trinajstić information content (AvgIpc) is 2.59. The van der Waals surface area contributed by atoms with E-state index in [0.29, 0.717) is 5.56 Å². The Morgan fingerprint density at radius 3 is 3.07 bits per heavy atom. The van der Waals surface area contributed by atoms with Crippen LogP contribution in [0.15, 0.2) is 18.2 Å². The van der Waals surface area contributed by atoms with Crippen molar-refractivity contribution in [2.45, 2.75) is 18.9 Å². The molecule has 0 fully saturated rings. The normalized spacial score (nSPS) is 19.1. The summed E-state index contributed by atoms with van der Waals surface area (Å²) < 4.78 is 4.65. The van der Waals surface area contributed by atoms with Gasteiger partial charge in [-0.1, -0.05) is 6.07 Å². The van der Waals surface area contributed by atoms with Gasteiger partial charge in [-0.05, 0) is 36.1 Å². The second-order valence-corrected chi connectivity index (χ2v) is 3.55. The first kappa shape index (κ1) is 9.21. The second kappa shape index (κ2) is 3.42. The van der Waals surface area contributed by atoms with E-state index in [2.05, 4.69) is 4.74 Å². The number of rotatable bonds is 1. The summed E-state index contributed by atoms with van der Waals surface area (Å²) in [5.74, 6) is -0.284. The van der Waals surface area contributed by atoms with Crippen LogP contribution in [0.2, 0.25) is 0 Å². The lowest BCUT2D eigenvalue weighted by Gasteiger charge is -2.05. The number of fused-ring (bicyclic) bond motifs is 1. The van der Waals surface area contributed by atoms with Gasteiger partial charge in [-0.15, -0.1) is 0 Å². The van der Waals surface area contributed by atoms with Crippen molar-refractivity contribution in [3.8, 4) is 0 Å². The topological polar surface area (TPSA) is 52.3 Å². The molecule has 0 unspecified atom stereocenters. The molecule has 1 atom stereocenters. The highest BCUT2D eigenvalue weighted by molar-refractivity contribution is 5.89. The summed E-state index contributed by atoms with van der Waals surface area (Å²) in [6, 6.07) is 5.72. The second-order valence-electron chi connectivity index (χ2n) is 3.55. The third-order valence-corrected chi connectivity index (χ3v) is 2.69. The zero-order chi connectivity index (χ0) is 10.1. The van der Waals surface area contributed by atoms with Gasteiger partial charge in [0, 0.05) is 6.04 Å². The van der Waals surface area contributed by atoms with Crippen LogP contribution in [0.25, 0.3) is 0 Å². The molecule has 1 aromatic rings. The number of hydrogen-bond donors (Lipinski definition) is 1. The lowest BCUT2D eigenvalue weighted by Crippen LogP contribution is -2.06. The van der Waals surface area contributed by atoms with E-state index in [0.717, 1.165) is 18.4 Å². The Balaban J connectivity index is 2.37. The first-order valence-electron chi connectivity index (χ1n) is 4.69. The SMILES string of the molecule is COC(=O)c1ccc2c(c1)CC[C@@H]2N. The molecule has 0 aliphatic heterocycles. The maximum absolute atomic E-state index is 11.2. The number of ether oxygens (including phenoxy) is 1. The van der Waals surface area contributed by atoms with Crippen LogP contribution in [-0.2, 0) is 11.2 Å². The van der Waals surface area contributed by atoms with Crippen molar-refractivity contribution in [2.75, 3.05) is 7.11 Å². The summed E-state index contributed by atoms with van der Waals surface area (Å²) in [6.07, 6.45) is 1.93. The highest BCUT2D eigenvalue weighted by Crippen LogP contribution is 2.29. The minimum Gasteiger partial charge on any atom is -0.465 e. The number of carbonyl (C=O) groups excluding carboxylic acids is 1. The van der Waals surface area contributed by atoms with Gasteiger partial charge in [-0.2, -0.15) is 0 Å². The smallest absolute Gasteiger partial charge is 0.337 e. The molecule has 3 heteroatoms. The maximum atomic E-state index is 11.2. The summed E-state index contributed by atoms with van der Waals surface area (Å²) in [4.78, 5) is 11.2. The number of aryl methyl sites for hydroxylation is 1. The number of methoxy groups -OCH3 is 1. The summed E-state index contributed by atoms with van der Waals surface area (Å²) in [5.41, 5.74) is 8.85. The molecular weight excluding hydrogens is 178 g/mol. The molecule has 0 amide bonds. The molecule has 2 N–H and O–H groups in total. The Labute approximate surface area is 82.9 Å². The van der Waals surface area contributed by atoms with Gasteiger partial charge in [0.25, 0.3) is 0 Å². The van der Waals surface area contributed by atoms with Crippen LogP contribution in [0.5, 0.6) is 0 Å². The number of hydrogen-bond acceptors (Lipinski definition) is 3. The van der Waals surface area contributed by atoms with Gasteiger partial charge in [0.2, 0.25) is 0 Å². The molecule has 14 heavy (non-hydrogen) atoms. The van der Waals surface area contributed by atoms with Gasteiger partial charge < -0.3 is 10.5 Å². The Morgan fingerprint density at radius 2 is 2.36 bits per heavy atom. The van der Waals surface area contributed by atoms with Crippen LogP contribution in [0.3, 0.4) is 0 Å². The van der Waals surface area contributed by atoms with Crippen molar-refractivity contribution in [2.24, 2.45) is 5.73 Å². The third kappa shape index (κ3) is 1.40. The van der Waals surface area contributed by atoms with Crippen LogP contribution in [0, 0.1) is 0 Å².